The molecule has 0 unspecified atom stereocenters. The van der Waals surface area contributed by atoms with E-state index in [0.29, 0.717) is 11.4 Å². The van der Waals surface area contributed by atoms with Crippen molar-refractivity contribution in [2.24, 2.45) is 0 Å². The topological polar surface area (TPSA) is 78.5 Å². The predicted octanol–water partition coefficient (Wildman–Crippen LogP) is 2.59. The molecule has 0 spiro atoms. The monoisotopic (exact) mass is 345 g/mol. The zero-order chi connectivity index (χ0) is 17.8. The Morgan fingerprint density at radius 2 is 2.00 bits per heavy atom. The summed E-state index contributed by atoms with van der Waals surface area (Å²) in [5.74, 6) is -0.460. The number of nitrogens with one attached hydrogen (secondary N) is 1. The van der Waals surface area contributed by atoms with Crippen molar-refractivity contribution in [2.45, 2.75) is 6.61 Å². The van der Waals surface area contributed by atoms with Crippen molar-refractivity contribution in [3.63, 3.8) is 0 Å². The van der Waals surface area contributed by atoms with Crippen molar-refractivity contribution in [1.29, 1.82) is 0 Å². The average Bonchev–Trinajstić information content (AvgIpc) is 3.02. The lowest BCUT2D eigenvalue weighted by molar-refractivity contribution is 0.282. The Morgan fingerprint density at radius 1 is 1.24 bits per heavy atom. The standard InChI is InChI=1S/C17H16FN3O4/c1-19-14-8-7-13(21-17(22)25-16(20-21)23-2)9-15(14)24-10-11-3-5-12(18)6-4-11/h3-9,19H,10H2,1-2H3. The molecule has 0 atom stereocenters. The third-order valence-electron chi connectivity index (χ3n) is 3.49. The smallest absolute Gasteiger partial charge is 0.444 e. The van der Waals surface area contributed by atoms with E-state index in [-0.39, 0.29) is 18.5 Å². The number of hydrogen-bond donors (Lipinski definition) is 1. The quantitative estimate of drug-likeness (QED) is 0.740. The highest BCUT2D eigenvalue weighted by Crippen LogP contribution is 2.27. The molecule has 0 fully saturated rings. The van der Waals surface area contributed by atoms with Gasteiger partial charge in [-0.15, -0.1) is 0 Å². The van der Waals surface area contributed by atoms with Crippen LogP contribution in [0.5, 0.6) is 11.8 Å². The first-order chi connectivity index (χ1) is 12.1. The number of aromatic nitrogens is 2. The molecule has 0 radical (unpaired) electrons. The minimum absolute atomic E-state index is 0.128. The lowest BCUT2D eigenvalue weighted by Gasteiger charge is -2.12. The van der Waals surface area contributed by atoms with Crippen LogP contribution in [0.3, 0.4) is 0 Å². The Balaban J connectivity index is 1.88. The Labute approximate surface area is 142 Å². The van der Waals surface area contributed by atoms with E-state index < -0.39 is 5.76 Å². The van der Waals surface area contributed by atoms with Gasteiger partial charge in [-0.05, 0) is 29.8 Å². The molecular formula is C17H16FN3O4. The summed E-state index contributed by atoms with van der Waals surface area (Å²) >= 11 is 0. The minimum atomic E-state index is -0.668. The molecule has 1 heterocycles. The first kappa shape index (κ1) is 16.6. The van der Waals surface area contributed by atoms with Gasteiger partial charge in [0, 0.05) is 13.1 Å². The molecule has 0 aliphatic carbocycles. The van der Waals surface area contributed by atoms with Gasteiger partial charge in [0.25, 0.3) is 0 Å². The second-order valence-corrected chi connectivity index (χ2v) is 5.10. The Bertz CT molecular complexity index is 918. The van der Waals surface area contributed by atoms with Crippen LogP contribution in [0.2, 0.25) is 0 Å². The highest BCUT2D eigenvalue weighted by atomic mass is 19.1. The maximum Gasteiger partial charge on any atom is 0.444 e. The van der Waals surface area contributed by atoms with Gasteiger partial charge in [-0.3, -0.25) is 0 Å². The molecule has 3 aromatic rings. The molecule has 8 heteroatoms. The number of nitrogens with zero attached hydrogens (tertiary/aromatic N) is 2. The van der Waals surface area contributed by atoms with Crippen LogP contribution in [0.15, 0.2) is 51.7 Å². The van der Waals surface area contributed by atoms with Gasteiger partial charge in [0.2, 0.25) is 0 Å². The number of benzene rings is 2. The molecule has 1 aromatic heterocycles. The number of methoxy groups -OCH3 is 1. The van der Waals surface area contributed by atoms with Crippen molar-refractivity contribution in [3.8, 4) is 17.5 Å². The number of halogens is 1. The molecule has 0 aliphatic heterocycles. The van der Waals surface area contributed by atoms with Gasteiger partial charge in [-0.2, -0.15) is 4.68 Å². The summed E-state index contributed by atoms with van der Waals surface area (Å²) in [6, 6.07) is 11.1. The van der Waals surface area contributed by atoms with Crippen LogP contribution >= 0.6 is 0 Å². The number of anilines is 1. The normalized spacial score (nSPS) is 10.5. The molecule has 2 aromatic carbocycles. The predicted molar refractivity (Wildman–Crippen MR) is 88.9 cm³/mol. The van der Waals surface area contributed by atoms with E-state index in [0.717, 1.165) is 15.9 Å². The Hall–Kier alpha value is -3.29. The average molecular weight is 345 g/mol. The number of ether oxygens (including phenoxy) is 2. The molecule has 3 rings (SSSR count). The molecule has 25 heavy (non-hydrogen) atoms. The lowest BCUT2D eigenvalue weighted by Crippen LogP contribution is -2.13. The highest BCUT2D eigenvalue weighted by molar-refractivity contribution is 5.60. The summed E-state index contributed by atoms with van der Waals surface area (Å²) < 4.78 is 29.5. The van der Waals surface area contributed by atoms with Gasteiger partial charge < -0.3 is 19.2 Å². The fourth-order valence-corrected chi connectivity index (χ4v) is 2.22. The summed E-state index contributed by atoms with van der Waals surface area (Å²) in [5, 5.41) is 6.93. The zero-order valence-corrected chi connectivity index (χ0v) is 13.7. The van der Waals surface area contributed by atoms with Crippen LogP contribution in [0.25, 0.3) is 5.69 Å². The van der Waals surface area contributed by atoms with Gasteiger partial charge in [0.1, 0.15) is 18.2 Å². The Morgan fingerprint density at radius 3 is 2.64 bits per heavy atom. The molecule has 0 bridgehead atoms. The molecule has 1 N–H and O–H groups in total. The lowest BCUT2D eigenvalue weighted by atomic mass is 10.2. The maximum atomic E-state index is 13.0. The van der Waals surface area contributed by atoms with Gasteiger partial charge in [0.05, 0.1) is 18.5 Å². The molecule has 7 nitrogen and oxygen atoms in total. The summed E-state index contributed by atoms with van der Waals surface area (Å²) in [6.07, 6.45) is -0.128. The number of rotatable bonds is 6. The summed E-state index contributed by atoms with van der Waals surface area (Å²) in [4.78, 5) is 11.8. The summed E-state index contributed by atoms with van der Waals surface area (Å²) in [7, 11) is 3.11. The second kappa shape index (κ2) is 7.08. The third-order valence-corrected chi connectivity index (χ3v) is 3.49. The largest absolute Gasteiger partial charge is 0.487 e. The Kier molecular flexibility index (Phi) is 4.69. The van der Waals surface area contributed by atoms with E-state index in [4.69, 9.17) is 13.9 Å². The van der Waals surface area contributed by atoms with Gasteiger partial charge in [-0.1, -0.05) is 17.2 Å². The highest BCUT2D eigenvalue weighted by Gasteiger charge is 2.13. The van der Waals surface area contributed by atoms with E-state index in [9.17, 15) is 9.18 Å². The van der Waals surface area contributed by atoms with Gasteiger partial charge in [0.15, 0.2) is 0 Å². The van der Waals surface area contributed by atoms with E-state index in [1.807, 2.05) is 0 Å². The molecular weight excluding hydrogens is 329 g/mol. The van der Waals surface area contributed by atoms with Crippen molar-refractivity contribution in [2.75, 3.05) is 19.5 Å². The van der Waals surface area contributed by atoms with Crippen LogP contribution in [0.1, 0.15) is 5.56 Å². The zero-order valence-electron chi connectivity index (χ0n) is 13.7. The first-order valence-corrected chi connectivity index (χ1v) is 7.44. The molecule has 0 aliphatic rings. The SMILES string of the molecule is CNc1ccc(-n2nc(OC)oc2=O)cc1OCc1ccc(F)cc1. The fourth-order valence-electron chi connectivity index (χ4n) is 2.22. The third kappa shape index (κ3) is 3.63. The first-order valence-electron chi connectivity index (χ1n) is 7.44. The van der Waals surface area contributed by atoms with E-state index in [2.05, 4.69) is 10.4 Å². The van der Waals surface area contributed by atoms with Gasteiger partial charge in [-0.25, -0.2) is 9.18 Å². The van der Waals surface area contributed by atoms with Gasteiger partial charge >= 0.3 is 11.8 Å². The van der Waals surface area contributed by atoms with Crippen LogP contribution < -0.4 is 20.5 Å². The minimum Gasteiger partial charge on any atom is -0.487 e. The van der Waals surface area contributed by atoms with Crippen LogP contribution in [-0.4, -0.2) is 23.9 Å². The summed E-state index contributed by atoms with van der Waals surface area (Å²) in [5.41, 5.74) is 2.01. The van der Waals surface area contributed by atoms with Crippen molar-refractivity contribution in [1.82, 2.24) is 9.78 Å². The molecule has 130 valence electrons. The maximum absolute atomic E-state index is 13.0. The van der Waals surface area contributed by atoms with Crippen molar-refractivity contribution >= 4 is 5.69 Å². The van der Waals surface area contributed by atoms with E-state index >= 15 is 0 Å². The molecule has 0 saturated carbocycles. The van der Waals surface area contributed by atoms with Crippen molar-refractivity contribution < 1.29 is 18.3 Å². The summed E-state index contributed by atoms with van der Waals surface area (Å²) in [6.45, 7) is 0.245. The second-order valence-electron chi connectivity index (χ2n) is 5.10. The van der Waals surface area contributed by atoms with Crippen LogP contribution in [-0.2, 0) is 6.61 Å². The van der Waals surface area contributed by atoms with E-state index in [1.165, 1.54) is 19.2 Å². The molecule has 0 saturated heterocycles. The van der Waals surface area contributed by atoms with Crippen LogP contribution in [0, 0.1) is 5.82 Å². The van der Waals surface area contributed by atoms with E-state index in [1.54, 1.807) is 37.4 Å². The molecule has 0 amide bonds. The fraction of sp³-hybridized carbons (Fsp3) is 0.176. The van der Waals surface area contributed by atoms with Crippen LogP contribution in [0.4, 0.5) is 10.1 Å². The van der Waals surface area contributed by atoms with Crippen molar-refractivity contribution in [3.05, 3.63) is 64.4 Å². The number of hydrogen-bond acceptors (Lipinski definition) is 6.